The lowest BCUT2D eigenvalue weighted by molar-refractivity contribution is -0.131. The first-order chi connectivity index (χ1) is 19.2. The lowest BCUT2D eigenvalue weighted by Gasteiger charge is -2.23. The van der Waals surface area contributed by atoms with Crippen LogP contribution in [0.1, 0.15) is 76.7 Å². The second-order valence-electron chi connectivity index (χ2n) is 9.67. The molecule has 0 spiro atoms. The number of carbonyl (C=O) groups is 4. The van der Waals surface area contributed by atoms with Gasteiger partial charge in [-0.1, -0.05) is 50.6 Å². The molecule has 0 fully saturated rings. The van der Waals surface area contributed by atoms with Crippen molar-refractivity contribution in [2.75, 3.05) is 6.61 Å². The Hall–Kier alpha value is -4.10. The standard InChI is InChI=1S/C27H32N6O6S/c1-4-14(2)21-27-32-20(13-40-27)25(38)29-17(10-16-8-6-5-7-9-16)22(35)30-18(11-34)23(36)28-15(3)26-31-19(12-39-26)24(37)33-21/h5-9,12-15,17-18,21,34H,4,10-11H2,1-3H3,(H,28,36)(H,29,38)(H,30,35)(H,33,37). The molecule has 12 nitrogen and oxygen atoms in total. The van der Waals surface area contributed by atoms with Gasteiger partial charge in [-0.3, -0.25) is 19.2 Å². The van der Waals surface area contributed by atoms with Crippen LogP contribution in [-0.2, 0) is 16.0 Å². The molecule has 2 aromatic heterocycles. The molecule has 4 bridgehead atoms. The van der Waals surface area contributed by atoms with Gasteiger partial charge in [-0.15, -0.1) is 11.3 Å². The number of rotatable bonds is 5. The van der Waals surface area contributed by atoms with Crippen LogP contribution >= 0.6 is 11.3 Å². The van der Waals surface area contributed by atoms with Gasteiger partial charge in [-0.05, 0) is 18.4 Å². The summed E-state index contributed by atoms with van der Waals surface area (Å²) < 4.78 is 5.45. The summed E-state index contributed by atoms with van der Waals surface area (Å²) in [5, 5.41) is 22.8. The molecule has 1 aliphatic heterocycles. The Balaban J connectivity index is 1.71. The van der Waals surface area contributed by atoms with Crippen LogP contribution in [0.5, 0.6) is 0 Å². The number of hydrogen-bond donors (Lipinski definition) is 5. The zero-order valence-corrected chi connectivity index (χ0v) is 23.2. The maximum absolute atomic E-state index is 13.3. The van der Waals surface area contributed by atoms with Crippen molar-refractivity contribution in [1.82, 2.24) is 31.2 Å². The molecule has 1 aromatic carbocycles. The average Bonchev–Trinajstić information content (AvgIpc) is 3.64. The van der Waals surface area contributed by atoms with E-state index in [4.69, 9.17) is 4.42 Å². The van der Waals surface area contributed by atoms with Crippen molar-refractivity contribution in [2.24, 2.45) is 5.92 Å². The summed E-state index contributed by atoms with van der Waals surface area (Å²) in [7, 11) is 0. The van der Waals surface area contributed by atoms with Crippen LogP contribution in [0, 0.1) is 5.92 Å². The molecule has 3 aromatic rings. The first-order valence-corrected chi connectivity index (χ1v) is 13.9. The number of hydrogen-bond acceptors (Lipinski definition) is 9. The molecule has 0 saturated carbocycles. The predicted octanol–water partition coefficient (Wildman–Crippen LogP) is 1.66. The zero-order valence-electron chi connectivity index (χ0n) is 22.3. The van der Waals surface area contributed by atoms with Crippen molar-refractivity contribution in [3.05, 3.63) is 69.8 Å². The van der Waals surface area contributed by atoms with E-state index in [1.54, 1.807) is 12.3 Å². The number of oxazole rings is 1. The zero-order chi connectivity index (χ0) is 28.8. The summed E-state index contributed by atoms with van der Waals surface area (Å²) >= 11 is 1.22. The lowest BCUT2D eigenvalue weighted by Crippen LogP contribution is -2.55. The van der Waals surface area contributed by atoms with Crippen LogP contribution in [0.4, 0.5) is 0 Å². The maximum atomic E-state index is 13.3. The molecule has 13 heteroatoms. The minimum absolute atomic E-state index is 0.0100. The van der Waals surface area contributed by atoms with Crippen molar-refractivity contribution in [1.29, 1.82) is 0 Å². The maximum Gasteiger partial charge on any atom is 0.273 e. The fourth-order valence-corrected chi connectivity index (χ4v) is 5.14. The van der Waals surface area contributed by atoms with Gasteiger partial charge in [0.05, 0.1) is 12.6 Å². The second kappa shape index (κ2) is 12.8. The van der Waals surface area contributed by atoms with E-state index in [1.165, 1.54) is 17.6 Å². The van der Waals surface area contributed by atoms with Gasteiger partial charge in [0.1, 0.15) is 35.1 Å². The summed E-state index contributed by atoms with van der Waals surface area (Å²) in [6, 6.07) is 5.42. The Kier molecular flexibility index (Phi) is 9.27. The molecule has 4 amide bonds. The number of aromatic nitrogens is 2. The van der Waals surface area contributed by atoms with Crippen LogP contribution < -0.4 is 21.3 Å². The van der Waals surface area contributed by atoms with E-state index in [2.05, 4.69) is 31.2 Å². The third-order valence-corrected chi connectivity index (χ3v) is 7.65. The molecule has 4 rings (SSSR count). The van der Waals surface area contributed by atoms with Gasteiger partial charge in [0.15, 0.2) is 5.69 Å². The second-order valence-corrected chi connectivity index (χ2v) is 10.6. The van der Waals surface area contributed by atoms with Crippen LogP contribution in [-0.4, -0.2) is 57.4 Å². The molecular weight excluding hydrogens is 536 g/mol. The Morgan fingerprint density at radius 3 is 2.35 bits per heavy atom. The molecule has 5 unspecified atom stereocenters. The van der Waals surface area contributed by atoms with Crippen LogP contribution in [0.15, 0.2) is 46.4 Å². The number of nitrogens with one attached hydrogen (secondary N) is 4. The summed E-state index contributed by atoms with van der Waals surface area (Å²) in [6.07, 6.45) is 2.05. The van der Waals surface area contributed by atoms with E-state index >= 15 is 0 Å². The molecule has 3 heterocycles. The van der Waals surface area contributed by atoms with Crippen molar-refractivity contribution in [3.8, 4) is 0 Å². The fraction of sp³-hybridized carbons (Fsp3) is 0.407. The van der Waals surface area contributed by atoms with E-state index < -0.39 is 54.4 Å². The number of fused-ring (bicyclic) bond motifs is 4. The first-order valence-electron chi connectivity index (χ1n) is 13.0. The summed E-state index contributed by atoms with van der Waals surface area (Å²) in [6.45, 7) is 4.84. The van der Waals surface area contributed by atoms with Crippen molar-refractivity contribution < 1.29 is 28.7 Å². The normalized spacial score (nSPS) is 23.2. The molecule has 0 saturated heterocycles. The average molecular weight is 569 g/mol. The number of benzene rings is 1. The molecular formula is C27H32N6O6S. The smallest absolute Gasteiger partial charge is 0.273 e. The number of thiazole rings is 1. The third-order valence-electron chi connectivity index (χ3n) is 6.72. The lowest BCUT2D eigenvalue weighted by atomic mass is 9.99. The summed E-state index contributed by atoms with van der Waals surface area (Å²) in [5.74, 6) is -2.38. The predicted molar refractivity (Wildman–Crippen MR) is 145 cm³/mol. The van der Waals surface area contributed by atoms with Crippen LogP contribution in [0.2, 0.25) is 0 Å². The highest BCUT2D eigenvalue weighted by Gasteiger charge is 2.31. The molecule has 40 heavy (non-hydrogen) atoms. The molecule has 0 radical (unpaired) electrons. The van der Waals surface area contributed by atoms with E-state index in [0.717, 1.165) is 12.0 Å². The van der Waals surface area contributed by atoms with Gasteiger partial charge in [-0.25, -0.2) is 9.97 Å². The number of carbonyl (C=O) groups excluding carboxylic acids is 4. The quantitative estimate of drug-likeness (QED) is 0.309. The SMILES string of the molecule is CCC(C)C1NC(=O)c2coc(n2)C(C)NC(=O)C(CO)NC(=O)C(Cc2ccccc2)NC(=O)c2csc1n2. The van der Waals surface area contributed by atoms with Gasteiger partial charge in [0.25, 0.3) is 11.8 Å². The molecule has 212 valence electrons. The Bertz CT molecular complexity index is 1360. The molecule has 0 aliphatic carbocycles. The van der Waals surface area contributed by atoms with E-state index in [0.29, 0.717) is 5.01 Å². The van der Waals surface area contributed by atoms with E-state index in [1.807, 2.05) is 44.2 Å². The minimum atomic E-state index is -1.32. The van der Waals surface area contributed by atoms with Gasteiger partial charge in [-0.2, -0.15) is 0 Å². The highest BCUT2D eigenvalue weighted by atomic mass is 32.1. The Labute approximate surface area is 235 Å². The summed E-state index contributed by atoms with van der Waals surface area (Å²) in [4.78, 5) is 61.2. The number of aliphatic hydroxyl groups excluding tert-OH is 1. The van der Waals surface area contributed by atoms with Crippen molar-refractivity contribution >= 4 is 35.0 Å². The number of nitrogens with zero attached hydrogens (tertiary/aromatic N) is 2. The van der Waals surface area contributed by atoms with Gasteiger partial charge < -0.3 is 30.8 Å². The fourth-order valence-electron chi connectivity index (χ4n) is 4.16. The number of amides is 4. The molecule has 1 aliphatic rings. The largest absolute Gasteiger partial charge is 0.446 e. The molecule has 5 atom stereocenters. The topological polar surface area (TPSA) is 176 Å². The molecule has 5 N–H and O–H groups in total. The number of aliphatic hydroxyl groups is 1. The van der Waals surface area contributed by atoms with Crippen LogP contribution in [0.3, 0.4) is 0 Å². The third kappa shape index (κ3) is 6.72. The highest BCUT2D eigenvalue weighted by molar-refractivity contribution is 7.09. The van der Waals surface area contributed by atoms with Crippen molar-refractivity contribution in [2.45, 2.75) is 57.8 Å². The summed E-state index contributed by atoms with van der Waals surface area (Å²) in [5.41, 5.74) is 0.876. The minimum Gasteiger partial charge on any atom is -0.446 e. The van der Waals surface area contributed by atoms with E-state index in [9.17, 15) is 24.3 Å². The van der Waals surface area contributed by atoms with Gasteiger partial charge in [0.2, 0.25) is 17.7 Å². The first kappa shape index (κ1) is 28.9. The highest BCUT2D eigenvalue weighted by Crippen LogP contribution is 2.28. The monoisotopic (exact) mass is 568 g/mol. The Morgan fingerprint density at radius 2 is 1.65 bits per heavy atom. The van der Waals surface area contributed by atoms with E-state index in [-0.39, 0.29) is 29.6 Å². The Morgan fingerprint density at radius 1 is 0.950 bits per heavy atom. The van der Waals surface area contributed by atoms with Crippen molar-refractivity contribution in [3.63, 3.8) is 0 Å². The van der Waals surface area contributed by atoms with Gasteiger partial charge in [0, 0.05) is 11.8 Å². The van der Waals surface area contributed by atoms with Gasteiger partial charge >= 0.3 is 0 Å². The van der Waals surface area contributed by atoms with Crippen LogP contribution in [0.25, 0.3) is 0 Å².